The zero-order valence-electron chi connectivity index (χ0n) is 18.4. The van der Waals surface area contributed by atoms with Crippen molar-refractivity contribution in [1.82, 2.24) is 0 Å². The van der Waals surface area contributed by atoms with Gasteiger partial charge in [-0.3, -0.25) is 9.10 Å². The molecule has 9 heteroatoms. The molecule has 0 saturated carbocycles. The van der Waals surface area contributed by atoms with Gasteiger partial charge >= 0.3 is 0 Å². The van der Waals surface area contributed by atoms with Gasteiger partial charge in [0, 0.05) is 11.8 Å². The van der Waals surface area contributed by atoms with Crippen molar-refractivity contribution in [2.45, 2.75) is 17.9 Å². The second kappa shape index (κ2) is 9.03. The third-order valence-electron chi connectivity index (χ3n) is 5.26. The molecular weight excluding hydrogens is 444 g/mol. The molecule has 1 aliphatic heterocycles. The first-order valence-electron chi connectivity index (χ1n) is 10.2. The number of methoxy groups -OCH3 is 2. The van der Waals surface area contributed by atoms with Gasteiger partial charge in [0.1, 0.15) is 17.2 Å². The van der Waals surface area contributed by atoms with Crippen molar-refractivity contribution in [2.75, 3.05) is 30.4 Å². The summed E-state index contributed by atoms with van der Waals surface area (Å²) >= 11 is 0. The Labute approximate surface area is 192 Å². The van der Waals surface area contributed by atoms with Gasteiger partial charge in [-0.05, 0) is 61.0 Å². The molecule has 1 aliphatic rings. The number of hydrogen-bond acceptors (Lipinski definition) is 6. The van der Waals surface area contributed by atoms with Crippen LogP contribution in [0.5, 0.6) is 17.2 Å². The standard InChI is InChI=1S/C24H24N2O6S/c1-16-7-12-21-22(13-16)32-23(24(27)25-17-5-4-6-19(14-17)31-3)15-26(21)33(28,29)20-10-8-18(30-2)9-11-20/h4-14,23H,15H2,1-3H3,(H,25,27)/t23-/m0/s1. The van der Waals surface area contributed by atoms with Gasteiger partial charge in [-0.2, -0.15) is 0 Å². The fourth-order valence-corrected chi connectivity index (χ4v) is 5.00. The molecule has 0 fully saturated rings. The van der Waals surface area contributed by atoms with Crippen LogP contribution in [0.1, 0.15) is 5.56 Å². The lowest BCUT2D eigenvalue weighted by Crippen LogP contribution is -2.48. The third kappa shape index (κ3) is 4.58. The van der Waals surface area contributed by atoms with E-state index in [0.717, 1.165) is 5.56 Å². The Morgan fingerprint density at radius 2 is 1.73 bits per heavy atom. The van der Waals surface area contributed by atoms with Gasteiger partial charge in [0.05, 0.1) is 31.3 Å². The summed E-state index contributed by atoms with van der Waals surface area (Å²) in [7, 11) is -0.922. The molecule has 0 bridgehead atoms. The summed E-state index contributed by atoms with van der Waals surface area (Å²) in [6, 6.07) is 18.2. The number of carbonyl (C=O) groups is 1. The van der Waals surface area contributed by atoms with E-state index < -0.39 is 22.0 Å². The molecule has 8 nitrogen and oxygen atoms in total. The molecule has 33 heavy (non-hydrogen) atoms. The largest absolute Gasteiger partial charge is 0.497 e. The monoisotopic (exact) mass is 468 g/mol. The second-order valence-corrected chi connectivity index (χ2v) is 9.37. The molecule has 0 unspecified atom stereocenters. The predicted molar refractivity (Wildman–Crippen MR) is 125 cm³/mol. The average Bonchev–Trinajstić information content (AvgIpc) is 2.83. The molecule has 1 heterocycles. The number of hydrogen-bond donors (Lipinski definition) is 1. The second-order valence-electron chi connectivity index (χ2n) is 7.51. The molecule has 0 aromatic heterocycles. The van der Waals surface area contributed by atoms with Gasteiger partial charge in [0.2, 0.25) is 0 Å². The number of anilines is 2. The molecule has 4 rings (SSSR count). The summed E-state index contributed by atoms with van der Waals surface area (Å²) in [5, 5.41) is 2.78. The average molecular weight is 469 g/mol. The van der Waals surface area contributed by atoms with E-state index in [1.54, 1.807) is 54.6 Å². The zero-order valence-corrected chi connectivity index (χ0v) is 19.3. The van der Waals surface area contributed by atoms with Gasteiger partial charge in [0.25, 0.3) is 15.9 Å². The van der Waals surface area contributed by atoms with Crippen molar-refractivity contribution in [2.24, 2.45) is 0 Å². The fraction of sp³-hybridized carbons (Fsp3) is 0.208. The Morgan fingerprint density at radius 3 is 2.42 bits per heavy atom. The van der Waals surface area contributed by atoms with E-state index >= 15 is 0 Å². The number of sulfonamides is 1. The molecule has 3 aromatic carbocycles. The van der Waals surface area contributed by atoms with Crippen LogP contribution in [-0.2, 0) is 14.8 Å². The molecule has 0 saturated heterocycles. The lowest BCUT2D eigenvalue weighted by atomic mass is 10.1. The summed E-state index contributed by atoms with van der Waals surface area (Å²) in [4.78, 5) is 13.1. The van der Waals surface area contributed by atoms with Crippen LogP contribution in [-0.4, -0.2) is 41.2 Å². The Hall–Kier alpha value is -3.72. The summed E-state index contributed by atoms with van der Waals surface area (Å²) < 4.78 is 44.5. The third-order valence-corrected chi connectivity index (χ3v) is 7.06. The van der Waals surface area contributed by atoms with E-state index in [1.807, 2.05) is 6.92 Å². The highest BCUT2D eigenvalue weighted by Crippen LogP contribution is 2.38. The van der Waals surface area contributed by atoms with Crippen molar-refractivity contribution in [3.63, 3.8) is 0 Å². The highest BCUT2D eigenvalue weighted by atomic mass is 32.2. The van der Waals surface area contributed by atoms with E-state index in [4.69, 9.17) is 14.2 Å². The number of rotatable bonds is 6. The van der Waals surface area contributed by atoms with Crippen molar-refractivity contribution in [3.8, 4) is 17.2 Å². The van der Waals surface area contributed by atoms with Crippen LogP contribution in [0, 0.1) is 6.92 Å². The van der Waals surface area contributed by atoms with Crippen LogP contribution in [0.25, 0.3) is 0 Å². The molecule has 0 aliphatic carbocycles. The van der Waals surface area contributed by atoms with E-state index in [-0.39, 0.29) is 11.4 Å². The number of amides is 1. The number of carbonyl (C=O) groups excluding carboxylic acids is 1. The Balaban J connectivity index is 1.67. The molecule has 1 atom stereocenters. The summed E-state index contributed by atoms with van der Waals surface area (Å²) in [5.41, 5.74) is 1.77. The van der Waals surface area contributed by atoms with E-state index in [0.29, 0.717) is 28.6 Å². The normalized spacial score (nSPS) is 15.2. The van der Waals surface area contributed by atoms with Crippen LogP contribution in [0.15, 0.2) is 71.6 Å². The lowest BCUT2D eigenvalue weighted by molar-refractivity contribution is -0.122. The topological polar surface area (TPSA) is 94.2 Å². The van der Waals surface area contributed by atoms with Crippen molar-refractivity contribution in [3.05, 3.63) is 72.3 Å². The summed E-state index contributed by atoms with van der Waals surface area (Å²) in [6.07, 6.45) is -1.06. The quantitative estimate of drug-likeness (QED) is 0.594. The van der Waals surface area contributed by atoms with Crippen LogP contribution in [0.4, 0.5) is 11.4 Å². The maximum atomic E-state index is 13.5. The minimum atomic E-state index is -3.97. The summed E-state index contributed by atoms with van der Waals surface area (Å²) in [5.74, 6) is 0.985. The van der Waals surface area contributed by atoms with Crippen molar-refractivity contribution in [1.29, 1.82) is 0 Å². The highest BCUT2D eigenvalue weighted by Gasteiger charge is 2.37. The molecule has 3 aromatic rings. The number of nitrogens with one attached hydrogen (secondary N) is 1. The lowest BCUT2D eigenvalue weighted by Gasteiger charge is -2.35. The fourth-order valence-electron chi connectivity index (χ4n) is 3.52. The van der Waals surface area contributed by atoms with E-state index in [9.17, 15) is 13.2 Å². The van der Waals surface area contributed by atoms with E-state index in [2.05, 4.69) is 5.32 Å². The van der Waals surface area contributed by atoms with Crippen LogP contribution >= 0.6 is 0 Å². The zero-order chi connectivity index (χ0) is 23.6. The first-order chi connectivity index (χ1) is 15.8. The Bertz CT molecular complexity index is 1270. The first-order valence-corrected chi connectivity index (χ1v) is 11.6. The smallest absolute Gasteiger partial charge is 0.267 e. The van der Waals surface area contributed by atoms with Gasteiger partial charge < -0.3 is 19.5 Å². The van der Waals surface area contributed by atoms with Crippen molar-refractivity contribution >= 4 is 27.3 Å². The number of ether oxygens (including phenoxy) is 3. The maximum absolute atomic E-state index is 13.5. The Morgan fingerprint density at radius 1 is 1.00 bits per heavy atom. The first kappa shape index (κ1) is 22.5. The van der Waals surface area contributed by atoms with Gasteiger partial charge in [-0.25, -0.2) is 8.42 Å². The van der Waals surface area contributed by atoms with Gasteiger partial charge in [0.15, 0.2) is 6.10 Å². The number of benzene rings is 3. The van der Waals surface area contributed by atoms with Gasteiger partial charge in [-0.15, -0.1) is 0 Å². The Kier molecular flexibility index (Phi) is 6.15. The van der Waals surface area contributed by atoms with E-state index in [1.165, 1.54) is 30.7 Å². The number of aryl methyl sites for hydroxylation is 1. The molecular formula is C24H24N2O6S. The van der Waals surface area contributed by atoms with Crippen LogP contribution in [0.3, 0.4) is 0 Å². The van der Waals surface area contributed by atoms with Crippen LogP contribution < -0.4 is 23.8 Å². The maximum Gasteiger partial charge on any atom is 0.267 e. The SMILES string of the molecule is COc1ccc(S(=O)(=O)N2C[C@@H](C(=O)Nc3cccc(OC)c3)Oc3cc(C)ccc32)cc1. The molecule has 172 valence electrons. The minimum absolute atomic E-state index is 0.0867. The highest BCUT2D eigenvalue weighted by molar-refractivity contribution is 7.92. The minimum Gasteiger partial charge on any atom is -0.497 e. The predicted octanol–water partition coefficient (Wildman–Crippen LogP) is 3.61. The van der Waals surface area contributed by atoms with Crippen LogP contribution in [0.2, 0.25) is 0 Å². The number of fused-ring (bicyclic) bond motifs is 1. The number of nitrogens with zero attached hydrogens (tertiary/aromatic N) is 1. The van der Waals surface area contributed by atoms with Crippen molar-refractivity contribution < 1.29 is 27.4 Å². The molecule has 1 amide bonds. The summed E-state index contributed by atoms with van der Waals surface area (Å²) in [6.45, 7) is 1.69. The molecule has 0 radical (unpaired) electrons. The molecule has 1 N–H and O–H groups in total. The van der Waals surface area contributed by atoms with Gasteiger partial charge in [-0.1, -0.05) is 12.1 Å². The molecule has 0 spiro atoms.